The Morgan fingerprint density at radius 1 is 0.333 bits per heavy atom. The Hall–Kier alpha value is -2.37. The van der Waals surface area contributed by atoms with Crippen LogP contribution >= 0.6 is 0 Å². The molecule has 0 N–H and O–H groups in total. The molecule has 0 aliphatic carbocycles. The second-order valence-electron chi connectivity index (χ2n) is 17.4. The SMILES string of the molecule is CCCC/C=C\C/C=C\CCCCCCCC(=O)OC[C@@H](COC(=O)CCCCCCCCCCCCCCCC)OC(=O)CCCCCCC/C=C\CCCCCCC. The summed E-state index contributed by atoms with van der Waals surface area (Å²) in [5, 5.41) is 0. The van der Waals surface area contributed by atoms with Crippen LogP contribution in [0.3, 0.4) is 0 Å². The van der Waals surface area contributed by atoms with Gasteiger partial charge in [0.05, 0.1) is 0 Å². The lowest BCUT2D eigenvalue weighted by molar-refractivity contribution is -0.167. The van der Waals surface area contributed by atoms with Gasteiger partial charge in [-0.1, -0.05) is 218 Å². The van der Waals surface area contributed by atoms with Crippen molar-refractivity contribution in [3.05, 3.63) is 36.5 Å². The topological polar surface area (TPSA) is 78.9 Å². The van der Waals surface area contributed by atoms with E-state index in [0.717, 1.165) is 83.5 Å². The number of unbranched alkanes of at least 4 members (excludes halogenated alkanes) is 30. The highest BCUT2D eigenvalue weighted by atomic mass is 16.6. The second kappa shape index (κ2) is 49.3. The third-order valence-corrected chi connectivity index (χ3v) is 11.4. The monoisotopic (exact) mass is 843 g/mol. The van der Waals surface area contributed by atoms with E-state index in [9.17, 15) is 14.4 Å². The normalized spacial score (nSPS) is 12.2. The summed E-state index contributed by atoms with van der Waals surface area (Å²) in [6.07, 6.45) is 56.9. The van der Waals surface area contributed by atoms with Gasteiger partial charge in [-0.2, -0.15) is 0 Å². The molecule has 0 saturated carbocycles. The summed E-state index contributed by atoms with van der Waals surface area (Å²) in [5.74, 6) is -0.890. The highest BCUT2D eigenvalue weighted by molar-refractivity contribution is 5.71. The molecular weight excluding hydrogens is 745 g/mol. The molecule has 60 heavy (non-hydrogen) atoms. The van der Waals surface area contributed by atoms with Gasteiger partial charge in [-0.3, -0.25) is 14.4 Å². The fourth-order valence-corrected chi connectivity index (χ4v) is 7.39. The second-order valence-corrected chi connectivity index (χ2v) is 17.4. The van der Waals surface area contributed by atoms with Crippen molar-refractivity contribution in [1.29, 1.82) is 0 Å². The number of allylic oxidation sites excluding steroid dienone is 6. The predicted molar refractivity (Wildman–Crippen MR) is 256 cm³/mol. The first-order valence-electron chi connectivity index (χ1n) is 26.0. The average Bonchev–Trinajstić information content (AvgIpc) is 3.24. The maximum atomic E-state index is 12.8. The van der Waals surface area contributed by atoms with Gasteiger partial charge in [-0.15, -0.1) is 0 Å². The average molecular weight is 843 g/mol. The van der Waals surface area contributed by atoms with Crippen LogP contribution in [0.15, 0.2) is 36.5 Å². The molecule has 0 heterocycles. The third-order valence-electron chi connectivity index (χ3n) is 11.4. The molecule has 0 aromatic carbocycles. The van der Waals surface area contributed by atoms with Crippen molar-refractivity contribution in [3.8, 4) is 0 Å². The van der Waals surface area contributed by atoms with E-state index in [2.05, 4.69) is 57.2 Å². The quantitative estimate of drug-likeness (QED) is 0.0263. The Morgan fingerprint density at radius 2 is 0.617 bits per heavy atom. The van der Waals surface area contributed by atoms with E-state index in [1.165, 1.54) is 148 Å². The molecule has 6 heteroatoms. The molecule has 0 aliphatic heterocycles. The van der Waals surface area contributed by atoms with Gasteiger partial charge in [0.2, 0.25) is 0 Å². The first-order chi connectivity index (χ1) is 29.5. The predicted octanol–water partition coefficient (Wildman–Crippen LogP) is 16.9. The Bertz CT molecular complexity index is 1020. The summed E-state index contributed by atoms with van der Waals surface area (Å²) in [5.41, 5.74) is 0. The highest BCUT2D eigenvalue weighted by Gasteiger charge is 2.19. The van der Waals surface area contributed by atoms with Crippen molar-refractivity contribution >= 4 is 17.9 Å². The van der Waals surface area contributed by atoms with Crippen LogP contribution in [-0.2, 0) is 28.6 Å². The molecular formula is C54H98O6. The van der Waals surface area contributed by atoms with Gasteiger partial charge in [-0.05, 0) is 70.6 Å². The number of rotatable bonds is 47. The van der Waals surface area contributed by atoms with Gasteiger partial charge < -0.3 is 14.2 Å². The number of carbonyl (C=O) groups excluding carboxylic acids is 3. The van der Waals surface area contributed by atoms with E-state index in [4.69, 9.17) is 14.2 Å². The van der Waals surface area contributed by atoms with Gasteiger partial charge >= 0.3 is 17.9 Å². The van der Waals surface area contributed by atoms with Crippen molar-refractivity contribution < 1.29 is 28.6 Å². The molecule has 0 aromatic heterocycles. The van der Waals surface area contributed by atoms with Crippen molar-refractivity contribution in [3.63, 3.8) is 0 Å². The Balaban J connectivity index is 4.39. The largest absolute Gasteiger partial charge is 0.462 e. The van der Waals surface area contributed by atoms with Gasteiger partial charge in [-0.25, -0.2) is 0 Å². The number of carbonyl (C=O) groups is 3. The number of esters is 3. The Kier molecular flexibility index (Phi) is 47.3. The molecule has 0 spiro atoms. The standard InChI is InChI=1S/C54H98O6/c1-4-7-10-13-16-19-22-25-28-31-34-37-40-43-46-52(55)58-49-51(60-54(57)48-45-42-39-36-33-30-27-24-21-18-15-12-9-6-3)50-59-53(56)47-44-41-38-35-32-29-26-23-20-17-14-11-8-5-2/h13,16,22,24-25,27,51H,4-12,14-15,17-21,23,26,28-50H2,1-3H3/b16-13-,25-22-,27-24-/t51-/m0/s1. The first-order valence-corrected chi connectivity index (χ1v) is 26.0. The van der Waals surface area contributed by atoms with E-state index >= 15 is 0 Å². The van der Waals surface area contributed by atoms with Crippen LogP contribution in [0.1, 0.15) is 271 Å². The van der Waals surface area contributed by atoms with Crippen molar-refractivity contribution in [2.45, 2.75) is 277 Å². The van der Waals surface area contributed by atoms with Crippen LogP contribution in [0.5, 0.6) is 0 Å². The number of hydrogen-bond acceptors (Lipinski definition) is 6. The Morgan fingerprint density at radius 3 is 0.983 bits per heavy atom. The van der Waals surface area contributed by atoms with Crippen LogP contribution in [-0.4, -0.2) is 37.2 Å². The lowest BCUT2D eigenvalue weighted by Gasteiger charge is -2.18. The summed E-state index contributed by atoms with van der Waals surface area (Å²) >= 11 is 0. The summed E-state index contributed by atoms with van der Waals surface area (Å²) in [6.45, 7) is 6.59. The lowest BCUT2D eigenvalue weighted by atomic mass is 10.0. The third kappa shape index (κ3) is 46.7. The molecule has 0 aliphatic rings. The number of ether oxygens (including phenoxy) is 3. The smallest absolute Gasteiger partial charge is 0.306 e. The van der Waals surface area contributed by atoms with E-state index < -0.39 is 6.10 Å². The summed E-state index contributed by atoms with van der Waals surface area (Å²) in [6, 6.07) is 0. The van der Waals surface area contributed by atoms with Gasteiger partial charge in [0.15, 0.2) is 6.10 Å². The zero-order chi connectivity index (χ0) is 43.7. The summed E-state index contributed by atoms with van der Waals surface area (Å²) < 4.78 is 16.8. The van der Waals surface area contributed by atoms with E-state index in [1.54, 1.807) is 0 Å². The van der Waals surface area contributed by atoms with E-state index in [-0.39, 0.29) is 31.1 Å². The molecule has 0 aromatic rings. The number of hydrogen-bond donors (Lipinski definition) is 0. The van der Waals surface area contributed by atoms with Gasteiger partial charge in [0.25, 0.3) is 0 Å². The van der Waals surface area contributed by atoms with Crippen LogP contribution < -0.4 is 0 Å². The maximum absolute atomic E-state index is 12.8. The van der Waals surface area contributed by atoms with Crippen LogP contribution in [0.2, 0.25) is 0 Å². The molecule has 0 rings (SSSR count). The molecule has 0 bridgehead atoms. The van der Waals surface area contributed by atoms with Crippen LogP contribution in [0.4, 0.5) is 0 Å². The molecule has 350 valence electrons. The van der Waals surface area contributed by atoms with E-state index in [0.29, 0.717) is 19.3 Å². The minimum absolute atomic E-state index is 0.0771. The molecule has 6 nitrogen and oxygen atoms in total. The molecule has 1 atom stereocenters. The molecule has 0 saturated heterocycles. The lowest BCUT2D eigenvalue weighted by Crippen LogP contribution is -2.30. The molecule has 0 fully saturated rings. The van der Waals surface area contributed by atoms with Gasteiger partial charge in [0.1, 0.15) is 13.2 Å². The minimum Gasteiger partial charge on any atom is -0.462 e. The van der Waals surface area contributed by atoms with Crippen molar-refractivity contribution in [1.82, 2.24) is 0 Å². The van der Waals surface area contributed by atoms with Crippen molar-refractivity contribution in [2.24, 2.45) is 0 Å². The van der Waals surface area contributed by atoms with Crippen LogP contribution in [0, 0.1) is 0 Å². The molecule has 0 amide bonds. The van der Waals surface area contributed by atoms with Crippen molar-refractivity contribution in [2.75, 3.05) is 13.2 Å². The van der Waals surface area contributed by atoms with Gasteiger partial charge in [0, 0.05) is 19.3 Å². The van der Waals surface area contributed by atoms with E-state index in [1.807, 2.05) is 0 Å². The first kappa shape index (κ1) is 57.6. The summed E-state index contributed by atoms with van der Waals surface area (Å²) in [7, 11) is 0. The minimum atomic E-state index is -0.778. The zero-order valence-corrected chi connectivity index (χ0v) is 40.0. The zero-order valence-electron chi connectivity index (χ0n) is 40.0. The molecule has 0 unspecified atom stereocenters. The summed E-state index contributed by atoms with van der Waals surface area (Å²) in [4.78, 5) is 37.9. The molecule has 0 radical (unpaired) electrons. The Labute approximate surface area is 372 Å². The highest BCUT2D eigenvalue weighted by Crippen LogP contribution is 2.15. The van der Waals surface area contributed by atoms with Crippen LogP contribution in [0.25, 0.3) is 0 Å². The fraction of sp³-hybridized carbons (Fsp3) is 0.833. The maximum Gasteiger partial charge on any atom is 0.306 e. The fourth-order valence-electron chi connectivity index (χ4n) is 7.39.